The van der Waals surface area contributed by atoms with Crippen LogP contribution in [0.15, 0.2) is 0 Å². The van der Waals surface area contributed by atoms with Crippen molar-refractivity contribution in [2.75, 3.05) is 6.54 Å². The van der Waals surface area contributed by atoms with E-state index in [4.69, 9.17) is 5.73 Å². The van der Waals surface area contributed by atoms with Crippen molar-refractivity contribution in [2.24, 2.45) is 17.6 Å². The zero-order valence-corrected chi connectivity index (χ0v) is 11.2. The monoisotopic (exact) mass is 238 g/mol. The number of likely N-dealkylation sites (tertiary alicyclic amines) is 1. The highest BCUT2D eigenvalue weighted by Gasteiger charge is 2.37. The Labute approximate surface area is 105 Å². The van der Waals surface area contributed by atoms with Crippen LogP contribution in [0.1, 0.15) is 52.4 Å². The molecule has 0 aromatic carbocycles. The Morgan fingerprint density at radius 3 is 2.41 bits per heavy atom. The highest BCUT2D eigenvalue weighted by molar-refractivity contribution is 5.79. The van der Waals surface area contributed by atoms with Gasteiger partial charge in [-0.1, -0.05) is 19.8 Å². The lowest BCUT2D eigenvalue weighted by molar-refractivity contribution is -0.137. The second-order valence-corrected chi connectivity index (χ2v) is 5.93. The van der Waals surface area contributed by atoms with Gasteiger partial charge in [0.1, 0.15) is 0 Å². The molecule has 2 rings (SSSR count). The van der Waals surface area contributed by atoms with Crippen molar-refractivity contribution in [1.82, 2.24) is 4.90 Å². The lowest BCUT2D eigenvalue weighted by atomic mass is 9.94. The van der Waals surface area contributed by atoms with Crippen molar-refractivity contribution >= 4 is 5.91 Å². The number of nitrogens with zero attached hydrogens (tertiary/aromatic N) is 1. The predicted molar refractivity (Wildman–Crippen MR) is 69.5 cm³/mol. The van der Waals surface area contributed by atoms with Gasteiger partial charge >= 0.3 is 0 Å². The minimum atomic E-state index is -0.0349. The Morgan fingerprint density at radius 2 is 1.82 bits per heavy atom. The molecule has 1 heterocycles. The van der Waals surface area contributed by atoms with E-state index in [9.17, 15) is 4.79 Å². The van der Waals surface area contributed by atoms with Crippen molar-refractivity contribution in [2.45, 2.75) is 64.5 Å². The SMILES string of the molecule is CC(N)C(C)C(=O)N1CCCC1C1CCCC1. The Balaban J connectivity index is 2.01. The van der Waals surface area contributed by atoms with E-state index in [2.05, 4.69) is 4.90 Å². The fourth-order valence-corrected chi connectivity index (χ4v) is 3.38. The topological polar surface area (TPSA) is 46.3 Å². The summed E-state index contributed by atoms with van der Waals surface area (Å²) < 4.78 is 0. The third-order valence-corrected chi connectivity index (χ3v) is 4.70. The molecule has 0 bridgehead atoms. The number of amides is 1. The molecule has 1 saturated heterocycles. The quantitative estimate of drug-likeness (QED) is 0.819. The van der Waals surface area contributed by atoms with E-state index in [0.29, 0.717) is 6.04 Å². The van der Waals surface area contributed by atoms with Gasteiger partial charge in [0, 0.05) is 18.6 Å². The molecule has 0 aromatic heterocycles. The lowest BCUT2D eigenvalue weighted by Crippen LogP contribution is -2.46. The second-order valence-electron chi connectivity index (χ2n) is 5.93. The average molecular weight is 238 g/mol. The maximum atomic E-state index is 12.4. The fraction of sp³-hybridized carbons (Fsp3) is 0.929. The first-order chi connectivity index (χ1) is 8.11. The molecule has 17 heavy (non-hydrogen) atoms. The van der Waals surface area contributed by atoms with Gasteiger partial charge in [-0.2, -0.15) is 0 Å². The van der Waals surface area contributed by atoms with E-state index in [-0.39, 0.29) is 17.9 Å². The van der Waals surface area contributed by atoms with Crippen LogP contribution in [0.4, 0.5) is 0 Å². The molecule has 1 saturated carbocycles. The van der Waals surface area contributed by atoms with E-state index in [1.165, 1.54) is 38.5 Å². The zero-order valence-electron chi connectivity index (χ0n) is 11.2. The molecular formula is C14H26N2O. The summed E-state index contributed by atoms with van der Waals surface area (Å²) in [5.74, 6) is 1.02. The van der Waals surface area contributed by atoms with Crippen LogP contribution in [0, 0.1) is 11.8 Å². The van der Waals surface area contributed by atoms with Crippen molar-refractivity contribution < 1.29 is 4.79 Å². The number of hydrogen-bond acceptors (Lipinski definition) is 2. The van der Waals surface area contributed by atoms with E-state index in [0.717, 1.165) is 12.5 Å². The number of rotatable bonds is 3. The van der Waals surface area contributed by atoms with Crippen LogP contribution in [0.3, 0.4) is 0 Å². The van der Waals surface area contributed by atoms with Crippen LogP contribution < -0.4 is 5.73 Å². The van der Waals surface area contributed by atoms with E-state index in [1.807, 2.05) is 13.8 Å². The Morgan fingerprint density at radius 1 is 1.18 bits per heavy atom. The molecular weight excluding hydrogens is 212 g/mol. The van der Waals surface area contributed by atoms with Crippen LogP contribution in [-0.2, 0) is 4.79 Å². The van der Waals surface area contributed by atoms with Gasteiger partial charge in [0.2, 0.25) is 5.91 Å². The summed E-state index contributed by atoms with van der Waals surface area (Å²) >= 11 is 0. The molecule has 1 aliphatic carbocycles. The van der Waals surface area contributed by atoms with Gasteiger partial charge in [-0.05, 0) is 38.5 Å². The normalized spacial score (nSPS) is 29.6. The van der Waals surface area contributed by atoms with Gasteiger partial charge in [0.05, 0.1) is 5.92 Å². The number of carbonyl (C=O) groups excluding carboxylic acids is 1. The van der Waals surface area contributed by atoms with Gasteiger partial charge < -0.3 is 10.6 Å². The van der Waals surface area contributed by atoms with Gasteiger partial charge in [-0.15, -0.1) is 0 Å². The van der Waals surface area contributed by atoms with Crippen molar-refractivity contribution in [3.63, 3.8) is 0 Å². The Bertz CT molecular complexity index is 271. The number of hydrogen-bond donors (Lipinski definition) is 1. The summed E-state index contributed by atoms with van der Waals surface area (Å²) in [4.78, 5) is 14.5. The van der Waals surface area contributed by atoms with Crippen LogP contribution in [0.25, 0.3) is 0 Å². The summed E-state index contributed by atoms with van der Waals surface area (Å²) in [6, 6.07) is 0.485. The third kappa shape index (κ3) is 2.65. The first-order valence-corrected chi connectivity index (χ1v) is 7.17. The van der Waals surface area contributed by atoms with Gasteiger partial charge in [-0.25, -0.2) is 0 Å². The molecule has 1 amide bonds. The first-order valence-electron chi connectivity index (χ1n) is 7.17. The minimum Gasteiger partial charge on any atom is -0.339 e. The highest BCUT2D eigenvalue weighted by Crippen LogP contribution is 2.36. The summed E-state index contributed by atoms with van der Waals surface area (Å²) in [5, 5.41) is 0. The molecule has 3 atom stereocenters. The highest BCUT2D eigenvalue weighted by atomic mass is 16.2. The van der Waals surface area contributed by atoms with Crippen LogP contribution in [-0.4, -0.2) is 29.4 Å². The Hall–Kier alpha value is -0.570. The summed E-state index contributed by atoms with van der Waals surface area (Å²) in [7, 11) is 0. The first kappa shape index (κ1) is 12.9. The molecule has 3 unspecified atom stereocenters. The molecule has 2 N–H and O–H groups in total. The van der Waals surface area contributed by atoms with Gasteiger partial charge in [-0.3, -0.25) is 4.79 Å². The van der Waals surface area contributed by atoms with Crippen molar-refractivity contribution in [3.05, 3.63) is 0 Å². The average Bonchev–Trinajstić information content (AvgIpc) is 2.96. The molecule has 0 radical (unpaired) electrons. The standard InChI is InChI=1S/C14H26N2O/c1-10(11(2)15)14(17)16-9-5-8-13(16)12-6-3-4-7-12/h10-13H,3-9,15H2,1-2H3. The van der Waals surface area contributed by atoms with Crippen LogP contribution in [0.5, 0.6) is 0 Å². The fourth-order valence-electron chi connectivity index (χ4n) is 3.38. The van der Waals surface area contributed by atoms with Crippen molar-refractivity contribution in [3.8, 4) is 0 Å². The van der Waals surface area contributed by atoms with Crippen LogP contribution >= 0.6 is 0 Å². The lowest BCUT2D eigenvalue weighted by Gasteiger charge is -2.32. The van der Waals surface area contributed by atoms with Crippen molar-refractivity contribution in [1.29, 1.82) is 0 Å². The second kappa shape index (κ2) is 5.38. The number of nitrogens with two attached hydrogens (primary N) is 1. The maximum absolute atomic E-state index is 12.4. The zero-order chi connectivity index (χ0) is 12.4. The van der Waals surface area contributed by atoms with E-state index < -0.39 is 0 Å². The largest absolute Gasteiger partial charge is 0.339 e. The van der Waals surface area contributed by atoms with Gasteiger partial charge in [0.15, 0.2) is 0 Å². The summed E-state index contributed by atoms with van der Waals surface area (Å²) in [6.45, 7) is 4.86. The van der Waals surface area contributed by atoms with E-state index >= 15 is 0 Å². The third-order valence-electron chi connectivity index (χ3n) is 4.70. The smallest absolute Gasteiger partial charge is 0.227 e. The summed E-state index contributed by atoms with van der Waals surface area (Å²) in [6.07, 6.45) is 7.74. The molecule has 2 aliphatic rings. The molecule has 0 spiro atoms. The molecule has 98 valence electrons. The minimum absolute atomic E-state index is 0.0306. The predicted octanol–water partition coefficient (Wildman–Crippen LogP) is 2.15. The van der Waals surface area contributed by atoms with Crippen LogP contribution in [0.2, 0.25) is 0 Å². The molecule has 2 fully saturated rings. The maximum Gasteiger partial charge on any atom is 0.227 e. The molecule has 3 nitrogen and oxygen atoms in total. The Kier molecular flexibility index (Phi) is 4.08. The van der Waals surface area contributed by atoms with Gasteiger partial charge in [0.25, 0.3) is 0 Å². The molecule has 0 aromatic rings. The van der Waals surface area contributed by atoms with E-state index in [1.54, 1.807) is 0 Å². The molecule has 3 heteroatoms. The molecule has 1 aliphatic heterocycles. The summed E-state index contributed by atoms with van der Waals surface area (Å²) in [5.41, 5.74) is 5.86. The number of carbonyl (C=O) groups is 1.